The number of hydrogen-bond donors (Lipinski definition) is 7. The Hall–Kier alpha value is -11.6. The van der Waals surface area contributed by atoms with Gasteiger partial charge in [0.25, 0.3) is 11.8 Å². The van der Waals surface area contributed by atoms with Crippen LogP contribution in [0.25, 0.3) is 22.5 Å². The number of ether oxygens (including phenoxy) is 6. The van der Waals surface area contributed by atoms with Crippen molar-refractivity contribution in [3.8, 4) is 51.3 Å². The summed E-state index contributed by atoms with van der Waals surface area (Å²) in [6.45, 7) is 5.73. The molecule has 107 heavy (non-hydrogen) atoms. The third kappa shape index (κ3) is 15.9. The molecule has 7 aromatic rings. The van der Waals surface area contributed by atoms with Crippen LogP contribution in [0.5, 0.6) is 28.7 Å². The number of fused-ring (bicyclic) bond motifs is 9. The normalized spacial score (nSPS) is 19.0. The van der Waals surface area contributed by atoms with Crippen LogP contribution >= 0.6 is 0 Å². The Morgan fingerprint density at radius 1 is 0.701 bits per heavy atom. The van der Waals surface area contributed by atoms with Crippen LogP contribution in [0.1, 0.15) is 121 Å². The zero-order chi connectivity index (χ0) is 75.4. The molecule has 8 amide bonds. The Balaban J connectivity index is 0.568. The second-order valence-electron chi connectivity index (χ2n) is 28.5. The van der Waals surface area contributed by atoms with Gasteiger partial charge >= 0.3 is 5.97 Å². The fourth-order valence-corrected chi connectivity index (χ4v) is 15.0. The lowest BCUT2D eigenvalue weighted by molar-refractivity contribution is -0.150. The number of aliphatic hydroxyl groups excluding tert-OH is 1. The summed E-state index contributed by atoms with van der Waals surface area (Å²) in [5.41, 5.74) is 7.96. The minimum atomic E-state index is -1.33. The number of esters is 1. The highest BCUT2D eigenvalue weighted by Gasteiger charge is 2.58. The SMILES string of the molecule is COc1ccc(C2C[C@H]3CNc4cc(OCCCOc5cc6c(cc5OC)C(=O)N5CC7(CC7)C[C@H]5[C@H](O)C6C(=O)OCc5ccc(NC(=O)[C@H](C)NC(=O)[C@@H](NC(=O)CNC(=O)CNC(=O)CCC(=O)N6Cc7ccccc7-c7nnn(C)c7-c7ccccc76)C(C)C)cc5)c(OC)cc4C(=O)N3C2)cc1. The number of aryl methyl sites for hydroxylation is 1. The summed E-state index contributed by atoms with van der Waals surface area (Å²) in [6.07, 6.45) is 1.79. The quantitative estimate of drug-likeness (QED) is 0.0217. The molecule has 28 heteroatoms. The van der Waals surface area contributed by atoms with Crippen LogP contribution in [0.2, 0.25) is 0 Å². The summed E-state index contributed by atoms with van der Waals surface area (Å²) in [5, 5.41) is 37.4. The predicted octanol–water partition coefficient (Wildman–Crippen LogP) is 6.79. The number of nitrogens with one attached hydrogen (secondary N) is 6. The molecule has 6 heterocycles. The van der Waals surface area contributed by atoms with Gasteiger partial charge in [-0.25, -0.2) is 4.68 Å². The van der Waals surface area contributed by atoms with Gasteiger partial charge in [-0.2, -0.15) is 0 Å². The van der Waals surface area contributed by atoms with Gasteiger partial charge in [0.05, 0.1) is 89.0 Å². The molecule has 7 N–H and O–H groups in total. The summed E-state index contributed by atoms with van der Waals surface area (Å²) in [4.78, 5) is 128. The van der Waals surface area contributed by atoms with E-state index >= 15 is 0 Å². The van der Waals surface area contributed by atoms with Crippen LogP contribution in [-0.4, -0.2) is 181 Å². The molecule has 1 spiro atoms. The van der Waals surface area contributed by atoms with Gasteiger partial charge in [-0.05, 0) is 115 Å². The molecule has 28 nitrogen and oxygen atoms in total. The molecule has 13 rings (SSSR count). The number of aromatic nitrogens is 3. The van der Waals surface area contributed by atoms with E-state index in [2.05, 4.69) is 54.3 Å². The van der Waals surface area contributed by atoms with Crippen molar-refractivity contribution in [2.75, 3.05) is 82.8 Å². The molecule has 560 valence electrons. The molecular formula is C79H88N12O16. The highest BCUT2D eigenvalue weighted by atomic mass is 16.5. The van der Waals surface area contributed by atoms with Crippen molar-refractivity contribution < 1.29 is 76.7 Å². The van der Waals surface area contributed by atoms with Crippen LogP contribution < -0.4 is 60.5 Å². The zero-order valence-corrected chi connectivity index (χ0v) is 60.7. The van der Waals surface area contributed by atoms with E-state index in [-0.39, 0.29) is 96.9 Å². The second-order valence-corrected chi connectivity index (χ2v) is 28.5. The average molecular weight is 1460 g/mol. The molecular weight excluding hydrogens is 1370 g/mol. The number of nitrogens with zero attached hydrogens (tertiary/aromatic N) is 6. The largest absolute Gasteiger partial charge is 0.497 e. The van der Waals surface area contributed by atoms with Crippen molar-refractivity contribution in [3.05, 3.63) is 155 Å². The maximum atomic E-state index is 14.6. The van der Waals surface area contributed by atoms with E-state index in [1.54, 1.807) is 91.0 Å². The fourth-order valence-electron chi connectivity index (χ4n) is 15.0. The lowest BCUT2D eigenvalue weighted by Crippen LogP contribution is -2.55. The van der Waals surface area contributed by atoms with Crippen molar-refractivity contribution in [2.45, 2.75) is 121 Å². The number of hydrogen-bond acceptors (Lipinski definition) is 19. The Morgan fingerprint density at radius 3 is 2.08 bits per heavy atom. The van der Waals surface area contributed by atoms with Crippen molar-refractivity contribution in [3.63, 3.8) is 0 Å². The maximum absolute atomic E-state index is 14.6. The Bertz CT molecular complexity index is 4580. The van der Waals surface area contributed by atoms with E-state index in [0.717, 1.165) is 53.0 Å². The van der Waals surface area contributed by atoms with Crippen LogP contribution in [0.4, 0.5) is 17.1 Å². The number of methoxy groups -OCH3 is 3. The highest BCUT2D eigenvalue weighted by Crippen LogP contribution is 2.57. The number of carbonyl (C=O) groups excluding carboxylic acids is 9. The Labute approximate surface area is 618 Å². The number of aliphatic hydroxyl groups is 1. The van der Waals surface area contributed by atoms with Gasteiger partial charge in [0, 0.05) is 86.3 Å². The molecule has 5 aliphatic heterocycles. The van der Waals surface area contributed by atoms with E-state index in [4.69, 9.17) is 28.4 Å². The van der Waals surface area contributed by atoms with Gasteiger partial charge in [-0.15, -0.1) is 5.10 Å². The first-order valence-corrected chi connectivity index (χ1v) is 36.1. The smallest absolute Gasteiger partial charge is 0.316 e. The molecule has 2 saturated heterocycles. The van der Waals surface area contributed by atoms with Crippen LogP contribution in [-0.2, 0) is 58.5 Å². The number of benzene rings is 6. The third-order valence-electron chi connectivity index (χ3n) is 21.0. The Kier molecular flexibility index (Phi) is 21.8. The standard InChI is InChI=1S/C79H88N12O16/c1-44(2)70(85-67(94)39-82-66(93)38-81-65(92)25-26-68(95)90-40-48-13-8-9-14-53(48)71-72(88(4)87-86-71)54-15-10-11-16-59(54)90)75(98)83-45(3)74(97)84-50-21-17-46(18-22-50)42-107-78(101)69-55-32-63(61(103-6)33-56(55)76(99)91-43-79(27-28-79)36-60(91)73(69)96)105-29-12-30-106-64-35-58-57(34-62(64)104-7)77(100)89-41-49(31-51(89)37-80-58)47-19-23-52(102-5)24-20-47/h8-11,13-24,32-35,44-45,49,51,60,69-70,73,80,96H,12,25-31,36-43H2,1-7H3,(H,81,92)(H,82,93)(H,83,98)(H,84,97)(H,85,94)/t45-,49?,51-,60-,69?,70-,73-/m0/s1. The zero-order valence-electron chi connectivity index (χ0n) is 60.7. The Morgan fingerprint density at radius 2 is 1.37 bits per heavy atom. The molecule has 0 radical (unpaired) electrons. The number of carbonyl (C=O) groups is 9. The van der Waals surface area contributed by atoms with Gasteiger partial charge in [0.15, 0.2) is 23.0 Å². The number of anilines is 3. The van der Waals surface area contributed by atoms with Gasteiger partial charge in [0.1, 0.15) is 36.1 Å². The molecule has 3 fully saturated rings. The first kappa shape index (κ1) is 73.8. The molecule has 7 atom stereocenters. The monoisotopic (exact) mass is 1460 g/mol. The molecule has 1 aliphatic carbocycles. The molecule has 1 saturated carbocycles. The van der Waals surface area contributed by atoms with E-state index in [1.807, 2.05) is 65.6 Å². The maximum Gasteiger partial charge on any atom is 0.316 e. The van der Waals surface area contributed by atoms with Gasteiger partial charge in [-0.1, -0.05) is 85.8 Å². The summed E-state index contributed by atoms with van der Waals surface area (Å²) in [6, 6.07) is 33.2. The lowest BCUT2D eigenvalue weighted by Gasteiger charge is -2.28. The summed E-state index contributed by atoms with van der Waals surface area (Å²) in [5.74, 6) is -4.19. The molecule has 2 unspecified atom stereocenters. The average Bonchev–Trinajstić information content (AvgIpc) is 1.57. The van der Waals surface area contributed by atoms with Crippen molar-refractivity contribution in [1.82, 2.24) is 46.1 Å². The van der Waals surface area contributed by atoms with Crippen LogP contribution in [0.3, 0.4) is 0 Å². The minimum absolute atomic E-state index is 0.0136. The van der Waals surface area contributed by atoms with E-state index in [1.165, 1.54) is 21.1 Å². The molecule has 0 bridgehead atoms. The summed E-state index contributed by atoms with van der Waals surface area (Å²) >= 11 is 0. The number of amides is 8. The van der Waals surface area contributed by atoms with Crippen molar-refractivity contribution in [1.29, 1.82) is 0 Å². The third-order valence-corrected chi connectivity index (χ3v) is 21.0. The van der Waals surface area contributed by atoms with Gasteiger partial charge < -0.3 is 80.1 Å². The van der Waals surface area contributed by atoms with E-state index < -0.39 is 84.7 Å². The summed E-state index contributed by atoms with van der Waals surface area (Å²) < 4.78 is 37.1. The van der Waals surface area contributed by atoms with E-state index in [9.17, 15) is 48.3 Å². The van der Waals surface area contributed by atoms with Gasteiger partial charge in [-0.3, -0.25) is 43.2 Å². The highest BCUT2D eigenvalue weighted by molar-refractivity contribution is 6.04. The second kappa shape index (κ2) is 31.6. The molecule has 6 aromatic carbocycles. The number of rotatable bonds is 26. The predicted molar refractivity (Wildman–Crippen MR) is 393 cm³/mol. The fraction of sp³-hybridized carbons (Fsp3) is 0.405. The van der Waals surface area contributed by atoms with Crippen molar-refractivity contribution >= 4 is 70.3 Å². The first-order chi connectivity index (χ1) is 51.6. The lowest BCUT2D eigenvalue weighted by atomic mass is 9.85. The molecule has 6 aliphatic rings. The first-order valence-electron chi connectivity index (χ1n) is 36.1. The van der Waals surface area contributed by atoms with Crippen LogP contribution in [0, 0.1) is 11.3 Å². The van der Waals surface area contributed by atoms with Crippen molar-refractivity contribution in [2.24, 2.45) is 18.4 Å². The van der Waals surface area contributed by atoms with E-state index in [0.29, 0.717) is 77.9 Å². The molecule has 1 aromatic heterocycles. The minimum Gasteiger partial charge on any atom is -0.497 e. The topological polar surface area (TPSA) is 342 Å². The summed E-state index contributed by atoms with van der Waals surface area (Å²) in [7, 11) is 6.40. The van der Waals surface area contributed by atoms with Gasteiger partial charge in [0.2, 0.25) is 35.4 Å². The van der Waals surface area contributed by atoms with Crippen LogP contribution in [0.15, 0.2) is 121 Å². The number of para-hydroxylation sites is 1.